The van der Waals surface area contributed by atoms with Crippen LogP contribution >= 0.6 is 0 Å². The van der Waals surface area contributed by atoms with Gasteiger partial charge in [-0.3, -0.25) is 9.48 Å². The normalized spacial score (nSPS) is 10.2. The Bertz CT molecular complexity index is 631. The molecule has 110 valence electrons. The number of benzene rings is 1. The molecule has 0 saturated carbocycles. The molecule has 0 N–H and O–H groups in total. The first-order valence-corrected chi connectivity index (χ1v) is 6.45. The quantitative estimate of drug-likeness (QED) is 0.619. The number of ether oxygens (including phenoxy) is 2. The molecule has 0 unspecified atom stereocenters. The molecular formula is C15H16N2O4. The van der Waals surface area contributed by atoms with Gasteiger partial charge >= 0.3 is 11.9 Å². The molecule has 0 aliphatic carbocycles. The average Bonchev–Trinajstić information content (AvgIpc) is 2.91. The maximum absolute atomic E-state index is 11.7. The molecule has 0 fully saturated rings. The lowest BCUT2D eigenvalue weighted by molar-refractivity contribution is -0.134. The van der Waals surface area contributed by atoms with Crippen LogP contribution in [-0.4, -0.2) is 28.8 Å². The Labute approximate surface area is 122 Å². The van der Waals surface area contributed by atoms with Gasteiger partial charge in [-0.2, -0.15) is 5.10 Å². The van der Waals surface area contributed by atoms with E-state index in [4.69, 9.17) is 4.74 Å². The number of hydrogen-bond acceptors (Lipinski definition) is 5. The second kappa shape index (κ2) is 6.69. The highest BCUT2D eigenvalue weighted by Crippen LogP contribution is 2.14. The lowest BCUT2D eigenvalue weighted by Crippen LogP contribution is -2.09. The molecule has 0 amide bonds. The maximum atomic E-state index is 11.7. The van der Waals surface area contributed by atoms with Gasteiger partial charge in [0.2, 0.25) is 0 Å². The molecule has 0 aliphatic heterocycles. The Morgan fingerprint density at radius 2 is 1.95 bits per heavy atom. The number of carbonyl (C=O) groups excluding carboxylic acids is 2. The largest absolute Gasteiger partial charge is 0.465 e. The van der Waals surface area contributed by atoms with E-state index in [1.807, 2.05) is 13.2 Å². The molecule has 0 radical (unpaired) electrons. The number of nitrogens with zero attached hydrogens (tertiary/aromatic N) is 2. The zero-order valence-corrected chi connectivity index (χ0v) is 11.9. The van der Waals surface area contributed by atoms with Crippen LogP contribution in [0.4, 0.5) is 0 Å². The van der Waals surface area contributed by atoms with Gasteiger partial charge in [0.15, 0.2) is 0 Å². The summed E-state index contributed by atoms with van der Waals surface area (Å²) >= 11 is 0. The van der Waals surface area contributed by atoms with Crippen molar-refractivity contribution in [2.45, 2.75) is 12.8 Å². The van der Waals surface area contributed by atoms with Crippen molar-refractivity contribution < 1.29 is 19.1 Å². The van der Waals surface area contributed by atoms with E-state index in [9.17, 15) is 9.59 Å². The summed E-state index contributed by atoms with van der Waals surface area (Å²) in [4.78, 5) is 23.0. The molecule has 1 aromatic carbocycles. The van der Waals surface area contributed by atoms with E-state index in [0.29, 0.717) is 17.7 Å². The third kappa shape index (κ3) is 4.17. The number of methoxy groups -OCH3 is 1. The first-order valence-electron chi connectivity index (χ1n) is 6.45. The molecular weight excluding hydrogens is 272 g/mol. The number of aromatic nitrogens is 2. The molecule has 6 nitrogen and oxygen atoms in total. The van der Waals surface area contributed by atoms with E-state index < -0.39 is 5.97 Å². The Morgan fingerprint density at radius 3 is 2.52 bits per heavy atom. The summed E-state index contributed by atoms with van der Waals surface area (Å²) in [6.07, 6.45) is 4.42. The lowest BCUT2D eigenvalue weighted by Gasteiger charge is -2.04. The van der Waals surface area contributed by atoms with Gasteiger partial charge in [0, 0.05) is 13.2 Å². The van der Waals surface area contributed by atoms with Gasteiger partial charge in [-0.25, -0.2) is 4.79 Å². The predicted molar refractivity (Wildman–Crippen MR) is 74.9 cm³/mol. The fourth-order valence-electron chi connectivity index (χ4n) is 1.81. The minimum atomic E-state index is -0.426. The molecule has 0 saturated heterocycles. The fraction of sp³-hybridized carbons (Fsp3) is 0.267. The van der Waals surface area contributed by atoms with Crippen LogP contribution in [0, 0.1) is 0 Å². The Balaban J connectivity index is 1.86. The van der Waals surface area contributed by atoms with E-state index in [2.05, 4.69) is 9.84 Å². The molecule has 0 spiro atoms. The van der Waals surface area contributed by atoms with Gasteiger partial charge in [-0.05, 0) is 36.2 Å². The summed E-state index contributed by atoms with van der Waals surface area (Å²) < 4.78 is 11.5. The van der Waals surface area contributed by atoms with Crippen LogP contribution in [0.15, 0.2) is 36.7 Å². The van der Waals surface area contributed by atoms with Crippen molar-refractivity contribution in [2.75, 3.05) is 7.11 Å². The third-order valence-electron chi connectivity index (χ3n) is 2.88. The molecule has 0 atom stereocenters. The van der Waals surface area contributed by atoms with Crippen molar-refractivity contribution in [1.82, 2.24) is 9.78 Å². The van der Waals surface area contributed by atoms with Gasteiger partial charge in [0.05, 0.1) is 25.3 Å². The van der Waals surface area contributed by atoms with E-state index in [1.54, 1.807) is 35.1 Å². The van der Waals surface area contributed by atoms with Crippen molar-refractivity contribution in [3.8, 4) is 5.75 Å². The van der Waals surface area contributed by atoms with Gasteiger partial charge < -0.3 is 9.47 Å². The van der Waals surface area contributed by atoms with Crippen LogP contribution in [0.3, 0.4) is 0 Å². The monoisotopic (exact) mass is 288 g/mol. The number of carbonyl (C=O) groups is 2. The van der Waals surface area contributed by atoms with Crippen LogP contribution in [0.2, 0.25) is 0 Å². The second-order valence-electron chi connectivity index (χ2n) is 4.51. The van der Waals surface area contributed by atoms with Crippen LogP contribution < -0.4 is 4.74 Å². The van der Waals surface area contributed by atoms with E-state index in [0.717, 1.165) is 5.56 Å². The summed E-state index contributed by atoms with van der Waals surface area (Å²) in [5.74, 6) is -0.354. The maximum Gasteiger partial charge on any atom is 0.337 e. The summed E-state index contributed by atoms with van der Waals surface area (Å²) in [6, 6.07) is 6.23. The van der Waals surface area contributed by atoms with E-state index in [1.165, 1.54) is 7.11 Å². The SMILES string of the molecule is COC(=O)c1ccc(OC(=O)CCc2cnn(C)c2)cc1. The lowest BCUT2D eigenvalue weighted by atomic mass is 10.2. The summed E-state index contributed by atoms with van der Waals surface area (Å²) in [5, 5.41) is 4.03. The second-order valence-corrected chi connectivity index (χ2v) is 4.51. The standard InChI is InChI=1S/C15H16N2O4/c1-17-10-11(9-16-17)3-8-14(18)21-13-6-4-12(5-7-13)15(19)20-2/h4-7,9-10H,3,8H2,1-2H3. The Hall–Kier alpha value is -2.63. The van der Waals surface area contributed by atoms with Gasteiger partial charge in [-0.1, -0.05) is 0 Å². The molecule has 6 heteroatoms. The Morgan fingerprint density at radius 1 is 1.24 bits per heavy atom. The van der Waals surface area contributed by atoms with Gasteiger partial charge in [0.25, 0.3) is 0 Å². The Kier molecular flexibility index (Phi) is 4.71. The summed E-state index contributed by atoms with van der Waals surface area (Å²) in [5.41, 5.74) is 1.39. The molecule has 2 aromatic rings. The minimum Gasteiger partial charge on any atom is -0.465 e. The van der Waals surface area contributed by atoms with Crippen molar-refractivity contribution in [2.24, 2.45) is 7.05 Å². The summed E-state index contributed by atoms with van der Waals surface area (Å²) in [6.45, 7) is 0. The average molecular weight is 288 g/mol. The van der Waals surface area contributed by atoms with E-state index >= 15 is 0 Å². The zero-order valence-electron chi connectivity index (χ0n) is 11.9. The zero-order chi connectivity index (χ0) is 15.2. The van der Waals surface area contributed by atoms with Crippen molar-refractivity contribution in [3.05, 3.63) is 47.8 Å². The minimum absolute atomic E-state index is 0.268. The molecule has 1 aromatic heterocycles. The fourth-order valence-corrected chi connectivity index (χ4v) is 1.81. The van der Waals surface area contributed by atoms with Crippen LogP contribution in [0.25, 0.3) is 0 Å². The predicted octanol–water partition coefficient (Wildman–Crippen LogP) is 1.74. The molecule has 0 bridgehead atoms. The topological polar surface area (TPSA) is 70.4 Å². The molecule has 1 heterocycles. The molecule has 0 aliphatic rings. The summed E-state index contributed by atoms with van der Waals surface area (Å²) in [7, 11) is 3.14. The number of rotatable bonds is 5. The smallest absolute Gasteiger partial charge is 0.337 e. The highest BCUT2D eigenvalue weighted by atomic mass is 16.5. The van der Waals surface area contributed by atoms with Crippen molar-refractivity contribution in [3.63, 3.8) is 0 Å². The van der Waals surface area contributed by atoms with Gasteiger partial charge in [-0.15, -0.1) is 0 Å². The van der Waals surface area contributed by atoms with Gasteiger partial charge in [0.1, 0.15) is 5.75 Å². The first kappa shape index (κ1) is 14.8. The molecule has 21 heavy (non-hydrogen) atoms. The van der Waals surface area contributed by atoms with Crippen LogP contribution in [-0.2, 0) is 23.0 Å². The van der Waals surface area contributed by atoms with Crippen LogP contribution in [0.1, 0.15) is 22.3 Å². The number of hydrogen-bond donors (Lipinski definition) is 0. The van der Waals surface area contributed by atoms with Crippen LogP contribution in [0.5, 0.6) is 5.75 Å². The van der Waals surface area contributed by atoms with E-state index in [-0.39, 0.29) is 12.4 Å². The molecule has 2 rings (SSSR count). The van der Waals surface area contributed by atoms with Crippen molar-refractivity contribution in [1.29, 1.82) is 0 Å². The first-order chi connectivity index (χ1) is 10.1. The highest BCUT2D eigenvalue weighted by Gasteiger charge is 2.08. The highest BCUT2D eigenvalue weighted by molar-refractivity contribution is 5.89. The number of aryl methyl sites for hydroxylation is 2. The third-order valence-corrected chi connectivity index (χ3v) is 2.88. The number of esters is 2. The van der Waals surface area contributed by atoms with Crippen molar-refractivity contribution >= 4 is 11.9 Å².